The fourth-order valence-electron chi connectivity index (χ4n) is 5.21. The number of rotatable bonds is 11. The van der Waals surface area contributed by atoms with E-state index >= 15 is 0 Å². The summed E-state index contributed by atoms with van der Waals surface area (Å²) in [5.74, 6) is -0.257. The molecule has 43 heavy (non-hydrogen) atoms. The Morgan fingerprint density at radius 3 is 2.47 bits per heavy atom. The Labute approximate surface area is 247 Å². The summed E-state index contributed by atoms with van der Waals surface area (Å²) < 4.78 is 61.9. The average molecular weight is 593 g/mol. The van der Waals surface area contributed by atoms with Crippen LogP contribution < -0.4 is 4.74 Å². The number of carbonyl (C=O) groups is 1. The summed E-state index contributed by atoms with van der Waals surface area (Å²) in [6.45, 7) is 2.06. The van der Waals surface area contributed by atoms with Crippen molar-refractivity contribution in [2.45, 2.75) is 44.7 Å². The molecule has 3 heterocycles. The molecule has 1 aliphatic rings. The Balaban J connectivity index is 1.34. The number of halogens is 4. The van der Waals surface area contributed by atoms with E-state index in [0.717, 1.165) is 45.2 Å². The standard InChI is InChI=1S/C33H32F4N4O2/c34-32-26-20-24(13-15-28(26)39-40-32)31(27(21-33(35,36)37)23-10-4-3-5-11-23)25-14-16-29(38-22-25)43-19-9-2-1-6-12-30(42)41-17-7-8-18-41/h3-6,10-16,20,22H,1-2,7-9,17-19,21H2,(H,39,40)/b12-6+,31-27-. The normalized spacial score (nSPS) is 14.5. The van der Waals surface area contributed by atoms with E-state index in [2.05, 4.69) is 15.2 Å². The minimum atomic E-state index is -4.49. The smallest absolute Gasteiger partial charge is 0.393 e. The van der Waals surface area contributed by atoms with Crippen molar-refractivity contribution in [1.82, 2.24) is 20.1 Å². The molecule has 5 rings (SSSR count). The van der Waals surface area contributed by atoms with E-state index in [4.69, 9.17) is 4.74 Å². The average Bonchev–Trinajstić information content (AvgIpc) is 3.67. The van der Waals surface area contributed by atoms with Gasteiger partial charge in [0.15, 0.2) is 0 Å². The van der Waals surface area contributed by atoms with E-state index in [1.54, 1.807) is 60.7 Å². The lowest BCUT2D eigenvalue weighted by molar-refractivity contribution is -0.125. The van der Waals surface area contributed by atoms with Crippen LogP contribution in [0.1, 0.15) is 55.2 Å². The molecular weight excluding hydrogens is 560 g/mol. The SMILES string of the molecule is O=C(/C=C/CCCCOc1ccc(/C(=C(/CC(F)(F)F)c2ccccc2)c2ccc3n[nH]c(F)c3c2)cn1)N1CCCC1. The fraction of sp³-hybridized carbons (Fsp3) is 0.303. The second-order valence-electron chi connectivity index (χ2n) is 10.4. The molecule has 1 amide bonds. The molecule has 4 aromatic rings. The van der Waals surface area contributed by atoms with Crippen molar-refractivity contribution >= 4 is 28.0 Å². The van der Waals surface area contributed by atoms with Crippen LogP contribution in [0.25, 0.3) is 22.0 Å². The minimum Gasteiger partial charge on any atom is -0.478 e. The number of H-pyrrole nitrogens is 1. The van der Waals surface area contributed by atoms with Crippen LogP contribution >= 0.6 is 0 Å². The van der Waals surface area contributed by atoms with E-state index in [9.17, 15) is 22.4 Å². The van der Waals surface area contributed by atoms with Crippen molar-refractivity contribution in [3.63, 3.8) is 0 Å². The van der Waals surface area contributed by atoms with Crippen LogP contribution in [0, 0.1) is 5.95 Å². The van der Waals surface area contributed by atoms with Crippen LogP contribution in [-0.4, -0.2) is 51.9 Å². The molecule has 6 nitrogen and oxygen atoms in total. The van der Waals surface area contributed by atoms with E-state index in [-0.39, 0.29) is 16.9 Å². The summed E-state index contributed by atoms with van der Waals surface area (Å²) >= 11 is 0. The van der Waals surface area contributed by atoms with E-state index in [1.807, 2.05) is 11.0 Å². The van der Waals surface area contributed by atoms with Gasteiger partial charge in [-0.15, -0.1) is 0 Å². The van der Waals surface area contributed by atoms with Crippen LogP contribution in [0.15, 0.2) is 79.0 Å². The first kappa shape index (κ1) is 30.0. The number of nitrogens with zero attached hydrogens (tertiary/aromatic N) is 3. The molecule has 0 aliphatic carbocycles. The maximum absolute atomic E-state index is 14.4. The number of aromatic nitrogens is 3. The minimum absolute atomic E-state index is 0.0445. The highest BCUT2D eigenvalue weighted by Crippen LogP contribution is 2.40. The topological polar surface area (TPSA) is 71.1 Å². The third kappa shape index (κ3) is 7.88. The van der Waals surface area contributed by atoms with Crippen LogP contribution in [0.4, 0.5) is 17.6 Å². The van der Waals surface area contributed by atoms with Crippen molar-refractivity contribution < 1.29 is 27.1 Å². The highest BCUT2D eigenvalue weighted by Gasteiger charge is 2.32. The van der Waals surface area contributed by atoms with Crippen molar-refractivity contribution in [2.75, 3.05) is 19.7 Å². The van der Waals surface area contributed by atoms with Gasteiger partial charge in [0.05, 0.1) is 23.9 Å². The van der Waals surface area contributed by atoms with Gasteiger partial charge < -0.3 is 9.64 Å². The number of amides is 1. The molecule has 0 unspecified atom stereocenters. The fourth-order valence-corrected chi connectivity index (χ4v) is 5.21. The molecular formula is C33H32F4N4O2. The number of nitrogens with one attached hydrogen (secondary N) is 1. The Kier molecular flexibility index (Phi) is 9.54. The predicted octanol–water partition coefficient (Wildman–Crippen LogP) is 7.74. The number of allylic oxidation sites excluding steroid dienone is 2. The quantitative estimate of drug-likeness (QED) is 0.0837. The second kappa shape index (κ2) is 13.7. The molecule has 0 saturated carbocycles. The highest BCUT2D eigenvalue weighted by atomic mass is 19.4. The number of fused-ring (bicyclic) bond motifs is 1. The zero-order valence-corrected chi connectivity index (χ0v) is 23.5. The van der Waals surface area contributed by atoms with Gasteiger partial charge in [0, 0.05) is 30.9 Å². The molecule has 0 bridgehead atoms. The van der Waals surface area contributed by atoms with Gasteiger partial charge in [-0.2, -0.15) is 22.7 Å². The first-order valence-electron chi connectivity index (χ1n) is 14.3. The Morgan fingerprint density at radius 1 is 0.977 bits per heavy atom. The van der Waals surface area contributed by atoms with Gasteiger partial charge in [-0.05, 0) is 78.7 Å². The van der Waals surface area contributed by atoms with Gasteiger partial charge in [0.2, 0.25) is 17.7 Å². The number of ether oxygens (including phenoxy) is 1. The summed E-state index contributed by atoms with van der Waals surface area (Å²) in [5.41, 5.74) is 1.95. The zero-order valence-electron chi connectivity index (χ0n) is 23.5. The highest BCUT2D eigenvalue weighted by molar-refractivity contribution is 6.00. The molecule has 1 N–H and O–H groups in total. The van der Waals surface area contributed by atoms with E-state index in [0.29, 0.717) is 40.3 Å². The van der Waals surface area contributed by atoms with Crippen LogP contribution in [-0.2, 0) is 4.79 Å². The van der Waals surface area contributed by atoms with Crippen LogP contribution in [0.2, 0.25) is 0 Å². The first-order chi connectivity index (χ1) is 20.8. The van der Waals surface area contributed by atoms with Gasteiger partial charge >= 0.3 is 6.18 Å². The lowest BCUT2D eigenvalue weighted by atomic mass is 9.88. The van der Waals surface area contributed by atoms with Crippen LogP contribution in [0.3, 0.4) is 0 Å². The molecule has 1 fully saturated rings. The number of unbranched alkanes of at least 4 members (excludes halogenated alkanes) is 2. The number of hydrogen-bond donors (Lipinski definition) is 1. The zero-order chi connectivity index (χ0) is 30.2. The lowest BCUT2D eigenvalue weighted by Crippen LogP contribution is -2.25. The summed E-state index contributed by atoms with van der Waals surface area (Å²) in [4.78, 5) is 18.3. The molecule has 2 aromatic heterocycles. The number of carbonyl (C=O) groups excluding carboxylic acids is 1. The molecule has 10 heteroatoms. The number of alkyl halides is 3. The van der Waals surface area contributed by atoms with Gasteiger partial charge in [-0.25, -0.2) is 4.98 Å². The number of aromatic amines is 1. The van der Waals surface area contributed by atoms with Crippen molar-refractivity contribution in [3.05, 3.63) is 102 Å². The lowest BCUT2D eigenvalue weighted by Gasteiger charge is -2.19. The maximum atomic E-state index is 14.4. The summed E-state index contributed by atoms with van der Waals surface area (Å²) in [6, 6.07) is 16.3. The molecule has 0 radical (unpaired) electrons. The van der Waals surface area contributed by atoms with Crippen LogP contribution in [0.5, 0.6) is 5.88 Å². The van der Waals surface area contributed by atoms with Crippen molar-refractivity contribution in [2.24, 2.45) is 0 Å². The number of benzene rings is 2. The third-order valence-corrected chi connectivity index (χ3v) is 7.32. The van der Waals surface area contributed by atoms with Gasteiger partial charge in [-0.3, -0.25) is 9.89 Å². The van der Waals surface area contributed by atoms with E-state index in [1.165, 1.54) is 12.3 Å². The number of hydrogen-bond acceptors (Lipinski definition) is 4. The molecule has 2 aromatic carbocycles. The summed E-state index contributed by atoms with van der Waals surface area (Å²) in [7, 11) is 0. The van der Waals surface area contributed by atoms with Gasteiger partial charge in [0.25, 0.3) is 0 Å². The first-order valence-corrected chi connectivity index (χ1v) is 14.3. The largest absolute Gasteiger partial charge is 0.478 e. The number of pyridine rings is 1. The van der Waals surface area contributed by atoms with Crippen molar-refractivity contribution in [1.29, 1.82) is 0 Å². The van der Waals surface area contributed by atoms with Crippen molar-refractivity contribution in [3.8, 4) is 5.88 Å². The summed E-state index contributed by atoms with van der Waals surface area (Å²) in [6.07, 6.45) is 3.79. The Bertz CT molecular complexity index is 1590. The number of likely N-dealkylation sites (tertiary alicyclic amines) is 1. The monoisotopic (exact) mass is 592 g/mol. The summed E-state index contributed by atoms with van der Waals surface area (Å²) in [5, 5.41) is 6.35. The Morgan fingerprint density at radius 2 is 1.74 bits per heavy atom. The van der Waals surface area contributed by atoms with Gasteiger partial charge in [-0.1, -0.05) is 42.5 Å². The third-order valence-electron chi connectivity index (χ3n) is 7.32. The second-order valence-corrected chi connectivity index (χ2v) is 10.4. The molecule has 0 spiro atoms. The molecule has 224 valence electrons. The Hall–Kier alpha value is -4.47. The van der Waals surface area contributed by atoms with Gasteiger partial charge in [0.1, 0.15) is 0 Å². The molecule has 1 saturated heterocycles. The molecule has 1 aliphatic heterocycles. The van der Waals surface area contributed by atoms with E-state index < -0.39 is 18.5 Å². The predicted molar refractivity (Wildman–Crippen MR) is 158 cm³/mol. The maximum Gasteiger partial charge on any atom is 0.393 e. The molecule has 0 atom stereocenters.